The van der Waals surface area contributed by atoms with Gasteiger partial charge in [0.2, 0.25) is 5.95 Å². The van der Waals surface area contributed by atoms with Crippen LogP contribution in [0.3, 0.4) is 0 Å². The molecule has 3 heterocycles. The molecule has 0 saturated carbocycles. The van der Waals surface area contributed by atoms with Gasteiger partial charge in [-0.05, 0) is 35.9 Å². The van der Waals surface area contributed by atoms with Crippen LogP contribution in [0.15, 0.2) is 67.0 Å². The largest absolute Gasteiger partial charge is 0.337 e. The summed E-state index contributed by atoms with van der Waals surface area (Å²) in [5.41, 5.74) is 3.65. The van der Waals surface area contributed by atoms with Crippen molar-refractivity contribution in [1.29, 1.82) is 0 Å². The second kappa shape index (κ2) is 7.90. The summed E-state index contributed by atoms with van der Waals surface area (Å²) < 4.78 is 1.87. The van der Waals surface area contributed by atoms with E-state index < -0.39 is 0 Å². The molecule has 0 atom stereocenters. The maximum Gasteiger partial charge on any atom is 0.253 e. The van der Waals surface area contributed by atoms with E-state index >= 15 is 0 Å². The van der Waals surface area contributed by atoms with Crippen molar-refractivity contribution in [2.45, 2.75) is 6.54 Å². The fraction of sp³-hybridized carbons (Fsp3) is 0.227. The van der Waals surface area contributed by atoms with Gasteiger partial charge in [0, 0.05) is 44.1 Å². The number of fused-ring (bicyclic) bond motifs is 1. The Balaban J connectivity index is 1.23. The number of aromatic nitrogens is 5. The standard InChI is InChI=1S/C22H21N7O/c30-21(27-12-14-28(15-13-27)22-23-10-3-11-24-22)18-8-6-17(7-9-18)16-29-20-5-2-1-4-19(20)25-26-29/h1-11H,12-16H2. The van der Waals surface area contributed by atoms with Crippen LogP contribution in [0.2, 0.25) is 0 Å². The molecular formula is C22H21N7O. The number of para-hydroxylation sites is 1. The third-order valence-corrected chi connectivity index (χ3v) is 5.36. The third-order valence-electron chi connectivity index (χ3n) is 5.36. The molecule has 0 N–H and O–H groups in total. The van der Waals surface area contributed by atoms with Crippen molar-refractivity contribution in [2.75, 3.05) is 31.1 Å². The van der Waals surface area contributed by atoms with Crippen LogP contribution >= 0.6 is 0 Å². The number of carbonyl (C=O) groups is 1. The SMILES string of the molecule is O=C(c1ccc(Cn2nnc3ccccc32)cc1)N1CCN(c2ncccn2)CC1. The minimum atomic E-state index is 0.0568. The number of rotatable bonds is 4. The van der Waals surface area contributed by atoms with Crippen molar-refractivity contribution in [3.8, 4) is 0 Å². The summed E-state index contributed by atoms with van der Waals surface area (Å²) in [6.07, 6.45) is 3.48. The van der Waals surface area contributed by atoms with Crippen LogP contribution in [-0.4, -0.2) is 61.9 Å². The molecule has 1 aliphatic heterocycles. The minimum Gasteiger partial charge on any atom is -0.337 e. The lowest BCUT2D eigenvalue weighted by molar-refractivity contribution is 0.0746. The Morgan fingerprint density at radius 3 is 2.37 bits per heavy atom. The lowest BCUT2D eigenvalue weighted by Crippen LogP contribution is -2.49. The Morgan fingerprint density at radius 2 is 1.60 bits per heavy atom. The molecule has 2 aromatic heterocycles. The van der Waals surface area contributed by atoms with E-state index in [-0.39, 0.29) is 5.91 Å². The monoisotopic (exact) mass is 399 g/mol. The van der Waals surface area contributed by atoms with E-state index in [2.05, 4.69) is 25.2 Å². The number of carbonyl (C=O) groups excluding carboxylic acids is 1. The Bertz CT molecular complexity index is 1150. The predicted octanol–water partition coefficient (Wildman–Crippen LogP) is 2.23. The summed E-state index contributed by atoms with van der Waals surface area (Å²) in [6, 6.07) is 17.4. The summed E-state index contributed by atoms with van der Waals surface area (Å²) in [4.78, 5) is 25.5. The summed E-state index contributed by atoms with van der Waals surface area (Å²) in [7, 11) is 0. The average molecular weight is 399 g/mol. The topological polar surface area (TPSA) is 80.0 Å². The van der Waals surface area contributed by atoms with Gasteiger partial charge in [0.25, 0.3) is 5.91 Å². The van der Waals surface area contributed by atoms with E-state index in [1.54, 1.807) is 18.5 Å². The highest BCUT2D eigenvalue weighted by Crippen LogP contribution is 2.15. The van der Waals surface area contributed by atoms with E-state index in [0.29, 0.717) is 25.2 Å². The van der Waals surface area contributed by atoms with E-state index in [1.165, 1.54) is 0 Å². The molecule has 2 aromatic carbocycles. The number of hydrogen-bond donors (Lipinski definition) is 0. The molecule has 1 aliphatic rings. The number of benzene rings is 2. The fourth-order valence-corrected chi connectivity index (χ4v) is 3.71. The van der Waals surface area contributed by atoms with Crippen LogP contribution in [0.4, 0.5) is 5.95 Å². The van der Waals surface area contributed by atoms with E-state index in [0.717, 1.165) is 35.6 Å². The normalized spacial score (nSPS) is 14.3. The molecule has 5 rings (SSSR count). The van der Waals surface area contributed by atoms with Crippen molar-refractivity contribution in [3.05, 3.63) is 78.1 Å². The maximum absolute atomic E-state index is 12.9. The van der Waals surface area contributed by atoms with Crippen LogP contribution < -0.4 is 4.90 Å². The van der Waals surface area contributed by atoms with Gasteiger partial charge in [-0.25, -0.2) is 14.6 Å². The second-order valence-electron chi connectivity index (χ2n) is 7.26. The first-order valence-electron chi connectivity index (χ1n) is 9.96. The Kier molecular flexibility index (Phi) is 4.80. The van der Waals surface area contributed by atoms with Crippen LogP contribution in [0, 0.1) is 0 Å². The number of amides is 1. The number of hydrogen-bond acceptors (Lipinski definition) is 6. The molecule has 150 valence electrons. The second-order valence-corrected chi connectivity index (χ2v) is 7.26. The van der Waals surface area contributed by atoms with Gasteiger partial charge < -0.3 is 9.80 Å². The fourth-order valence-electron chi connectivity index (χ4n) is 3.71. The first-order chi connectivity index (χ1) is 14.8. The smallest absolute Gasteiger partial charge is 0.253 e. The van der Waals surface area contributed by atoms with Gasteiger partial charge in [-0.3, -0.25) is 4.79 Å². The highest BCUT2D eigenvalue weighted by atomic mass is 16.2. The first-order valence-corrected chi connectivity index (χ1v) is 9.96. The van der Waals surface area contributed by atoms with Crippen LogP contribution in [-0.2, 0) is 6.54 Å². The van der Waals surface area contributed by atoms with E-state index in [1.807, 2.05) is 58.1 Å². The summed E-state index contributed by atoms with van der Waals surface area (Å²) in [5.74, 6) is 0.774. The molecule has 0 unspecified atom stereocenters. The molecule has 0 aliphatic carbocycles. The summed E-state index contributed by atoms with van der Waals surface area (Å²) >= 11 is 0. The van der Waals surface area contributed by atoms with Gasteiger partial charge in [0.15, 0.2) is 0 Å². The number of anilines is 1. The van der Waals surface area contributed by atoms with Gasteiger partial charge in [-0.15, -0.1) is 5.10 Å². The molecular weight excluding hydrogens is 378 g/mol. The zero-order valence-corrected chi connectivity index (χ0v) is 16.4. The molecule has 4 aromatic rings. The highest BCUT2D eigenvalue weighted by molar-refractivity contribution is 5.94. The summed E-state index contributed by atoms with van der Waals surface area (Å²) in [6.45, 7) is 3.39. The molecule has 30 heavy (non-hydrogen) atoms. The van der Waals surface area contributed by atoms with Crippen LogP contribution in [0.1, 0.15) is 15.9 Å². The van der Waals surface area contributed by atoms with Crippen molar-refractivity contribution in [3.63, 3.8) is 0 Å². The van der Waals surface area contributed by atoms with E-state index in [4.69, 9.17) is 0 Å². The van der Waals surface area contributed by atoms with Crippen LogP contribution in [0.5, 0.6) is 0 Å². The van der Waals surface area contributed by atoms with Gasteiger partial charge >= 0.3 is 0 Å². The summed E-state index contributed by atoms with van der Waals surface area (Å²) in [5, 5.41) is 8.42. The molecule has 0 radical (unpaired) electrons. The van der Waals surface area contributed by atoms with Gasteiger partial charge in [-0.1, -0.05) is 29.5 Å². The first kappa shape index (κ1) is 18.2. The molecule has 0 bridgehead atoms. The van der Waals surface area contributed by atoms with Crippen molar-refractivity contribution in [2.24, 2.45) is 0 Å². The zero-order chi connectivity index (χ0) is 20.3. The van der Waals surface area contributed by atoms with Gasteiger partial charge in [-0.2, -0.15) is 0 Å². The van der Waals surface area contributed by atoms with Gasteiger partial charge in [0.1, 0.15) is 5.52 Å². The Labute approximate surface area is 173 Å². The van der Waals surface area contributed by atoms with Gasteiger partial charge in [0.05, 0.1) is 12.1 Å². The molecule has 0 spiro atoms. The van der Waals surface area contributed by atoms with Crippen molar-refractivity contribution in [1.82, 2.24) is 29.9 Å². The Morgan fingerprint density at radius 1 is 0.867 bits per heavy atom. The average Bonchev–Trinajstić information content (AvgIpc) is 3.23. The number of piperazine rings is 1. The number of nitrogens with zero attached hydrogens (tertiary/aromatic N) is 7. The van der Waals surface area contributed by atoms with Crippen molar-refractivity contribution < 1.29 is 4.79 Å². The highest BCUT2D eigenvalue weighted by Gasteiger charge is 2.23. The van der Waals surface area contributed by atoms with E-state index in [9.17, 15) is 4.79 Å². The molecule has 1 fully saturated rings. The predicted molar refractivity (Wildman–Crippen MR) is 113 cm³/mol. The van der Waals surface area contributed by atoms with Crippen LogP contribution in [0.25, 0.3) is 11.0 Å². The van der Waals surface area contributed by atoms with Crippen molar-refractivity contribution >= 4 is 22.9 Å². The zero-order valence-electron chi connectivity index (χ0n) is 16.4. The minimum absolute atomic E-state index is 0.0568. The Hall–Kier alpha value is -3.81. The quantitative estimate of drug-likeness (QED) is 0.524. The maximum atomic E-state index is 12.9. The molecule has 8 heteroatoms. The molecule has 8 nitrogen and oxygen atoms in total. The lowest BCUT2D eigenvalue weighted by atomic mass is 10.1. The lowest BCUT2D eigenvalue weighted by Gasteiger charge is -2.34. The molecule has 1 saturated heterocycles. The molecule has 1 amide bonds. The third kappa shape index (κ3) is 3.59.